The summed E-state index contributed by atoms with van der Waals surface area (Å²) in [6.07, 6.45) is -2.00. The summed E-state index contributed by atoms with van der Waals surface area (Å²) in [5.41, 5.74) is 9.49. The smallest absolute Gasteiger partial charge is 0.264 e. The maximum absolute atomic E-state index is 14.0. The number of hydrogen-bond acceptors (Lipinski definition) is 8. The van der Waals surface area contributed by atoms with Crippen molar-refractivity contribution in [2.45, 2.75) is 54.4 Å². The number of hydrogen-bond donors (Lipinski definition) is 0. The second-order valence-electron chi connectivity index (χ2n) is 11.0. The number of fused-ring (bicyclic) bond motifs is 1. The van der Waals surface area contributed by atoms with Crippen molar-refractivity contribution in [1.82, 2.24) is 4.90 Å². The summed E-state index contributed by atoms with van der Waals surface area (Å²) in [7, 11) is 1.59. The molecule has 2 amide bonds. The maximum Gasteiger partial charge on any atom is 0.264 e. The molecule has 1 fully saturated rings. The average molecular weight is 637 g/mol. The number of amides is 2. The van der Waals surface area contributed by atoms with Gasteiger partial charge in [0.2, 0.25) is 0 Å². The highest BCUT2D eigenvalue weighted by Crippen LogP contribution is 2.46. The standard InChI is InChI=1S/C35H32N4O6S/c1-35(39-32(40)27-15-9-10-16-28(27)33(39)41)31(44-22-24-17-19-25(42-2)20-18-24)30(43-21-23-11-5-3-6-12-23)29(37-38-36)34(45-35)46-26-13-7-4-8-14-26/h3-20,29-31,34H,21-22H2,1-2H3/t29-,30-,31+,34+,35-/m1/s1. The summed E-state index contributed by atoms with van der Waals surface area (Å²) >= 11 is 1.32. The highest BCUT2D eigenvalue weighted by Gasteiger charge is 2.61. The number of methoxy groups -OCH3 is 1. The zero-order chi connectivity index (χ0) is 32.1. The second-order valence-corrected chi connectivity index (χ2v) is 12.2. The number of nitrogens with zero attached hydrogens (tertiary/aromatic N) is 4. The minimum Gasteiger partial charge on any atom is -0.497 e. The van der Waals surface area contributed by atoms with Gasteiger partial charge in [0.25, 0.3) is 11.8 Å². The third-order valence-corrected chi connectivity index (χ3v) is 9.24. The van der Waals surface area contributed by atoms with Crippen molar-refractivity contribution >= 4 is 23.6 Å². The summed E-state index contributed by atoms with van der Waals surface area (Å²) in [6.45, 7) is 1.91. The van der Waals surface area contributed by atoms with Crippen molar-refractivity contribution < 1.29 is 28.5 Å². The molecule has 234 valence electrons. The molecule has 5 atom stereocenters. The van der Waals surface area contributed by atoms with Crippen LogP contribution in [0.4, 0.5) is 0 Å². The summed E-state index contributed by atoms with van der Waals surface area (Å²) in [6, 6.07) is 32.2. The third kappa shape index (κ3) is 6.24. The Bertz CT molecular complexity index is 1700. The van der Waals surface area contributed by atoms with Gasteiger partial charge in [-0.2, -0.15) is 0 Å². The lowest BCUT2D eigenvalue weighted by atomic mass is 9.92. The van der Waals surface area contributed by atoms with Crippen molar-refractivity contribution in [2.75, 3.05) is 7.11 Å². The van der Waals surface area contributed by atoms with E-state index in [1.165, 1.54) is 11.8 Å². The van der Waals surface area contributed by atoms with Gasteiger partial charge in [0.05, 0.1) is 31.5 Å². The van der Waals surface area contributed by atoms with Crippen LogP contribution in [0.2, 0.25) is 0 Å². The number of thioether (sulfide) groups is 1. The second kappa shape index (κ2) is 13.8. The molecule has 11 heteroatoms. The largest absolute Gasteiger partial charge is 0.497 e. The minimum absolute atomic E-state index is 0.0848. The van der Waals surface area contributed by atoms with E-state index in [1.807, 2.05) is 84.9 Å². The Balaban J connectivity index is 1.44. The molecule has 0 radical (unpaired) electrons. The zero-order valence-corrected chi connectivity index (χ0v) is 26.1. The molecule has 2 heterocycles. The van der Waals surface area contributed by atoms with Crippen LogP contribution in [0.15, 0.2) is 119 Å². The van der Waals surface area contributed by atoms with Crippen LogP contribution in [0.25, 0.3) is 10.4 Å². The Morgan fingerprint density at radius 2 is 1.39 bits per heavy atom. The van der Waals surface area contributed by atoms with Gasteiger partial charge in [-0.05, 0) is 60.0 Å². The molecule has 2 aliphatic heterocycles. The van der Waals surface area contributed by atoms with Crippen LogP contribution < -0.4 is 4.74 Å². The molecule has 4 aromatic rings. The predicted molar refractivity (Wildman–Crippen MR) is 172 cm³/mol. The first-order chi connectivity index (χ1) is 22.4. The lowest BCUT2D eigenvalue weighted by molar-refractivity contribution is -0.271. The quantitative estimate of drug-likeness (QED) is 0.0751. The first-order valence-corrected chi connectivity index (χ1v) is 15.6. The summed E-state index contributed by atoms with van der Waals surface area (Å²) in [5.74, 6) is -0.323. The van der Waals surface area contributed by atoms with Crippen LogP contribution in [0.1, 0.15) is 38.8 Å². The Hall–Kier alpha value is -4.64. The maximum atomic E-state index is 14.0. The fraction of sp³-hybridized carbons (Fsp3) is 0.257. The molecule has 10 nitrogen and oxygen atoms in total. The molecular formula is C35H32N4O6S. The molecule has 4 aromatic carbocycles. The van der Waals surface area contributed by atoms with Crippen LogP contribution in [-0.4, -0.2) is 53.2 Å². The van der Waals surface area contributed by atoms with E-state index in [0.29, 0.717) is 5.75 Å². The zero-order valence-electron chi connectivity index (χ0n) is 25.3. The van der Waals surface area contributed by atoms with Crippen molar-refractivity contribution in [2.24, 2.45) is 5.11 Å². The molecule has 6 rings (SSSR count). The van der Waals surface area contributed by atoms with Crippen molar-refractivity contribution in [3.8, 4) is 5.75 Å². The Morgan fingerprint density at radius 1 is 0.826 bits per heavy atom. The first kappa shape index (κ1) is 31.3. The first-order valence-electron chi connectivity index (χ1n) is 14.7. The fourth-order valence-electron chi connectivity index (χ4n) is 5.80. The van der Waals surface area contributed by atoms with E-state index < -0.39 is 41.2 Å². The topological polar surface area (TPSA) is 123 Å². The number of benzene rings is 4. The Kier molecular flexibility index (Phi) is 9.39. The van der Waals surface area contributed by atoms with Gasteiger partial charge in [-0.3, -0.25) is 9.59 Å². The van der Waals surface area contributed by atoms with Gasteiger partial charge in [0.15, 0.2) is 5.72 Å². The molecule has 0 unspecified atom stereocenters. The number of carbonyl (C=O) groups excluding carboxylic acids is 2. The number of rotatable bonds is 11. The van der Waals surface area contributed by atoms with E-state index in [9.17, 15) is 15.1 Å². The monoisotopic (exact) mass is 636 g/mol. The number of ether oxygens (including phenoxy) is 4. The SMILES string of the molecule is COc1ccc(CO[C@H]2[C@H](OCc3ccccc3)[C@@H](N=[N+]=[N-])[C@H](Sc3ccccc3)O[C@@]2(C)N2C(=O)c3ccccc3C2=O)cc1. The molecule has 0 spiro atoms. The Morgan fingerprint density at radius 3 is 2.00 bits per heavy atom. The van der Waals surface area contributed by atoms with Crippen LogP contribution in [0, 0.1) is 0 Å². The van der Waals surface area contributed by atoms with Crippen LogP contribution >= 0.6 is 11.8 Å². The molecule has 0 aliphatic carbocycles. The number of azide groups is 1. The lowest BCUT2D eigenvalue weighted by Crippen LogP contribution is -2.70. The van der Waals surface area contributed by atoms with E-state index in [0.717, 1.165) is 20.9 Å². The van der Waals surface area contributed by atoms with Crippen molar-refractivity contribution in [1.29, 1.82) is 0 Å². The van der Waals surface area contributed by atoms with Gasteiger partial charge >= 0.3 is 0 Å². The van der Waals surface area contributed by atoms with Crippen molar-refractivity contribution in [3.63, 3.8) is 0 Å². The molecule has 0 saturated carbocycles. The van der Waals surface area contributed by atoms with E-state index in [-0.39, 0.29) is 24.3 Å². The van der Waals surface area contributed by atoms with Crippen LogP contribution in [0.3, 0.4) is 0 Å². The fourth-order valence-corrected chi connectivity index (χ4v) is 6.97. The third-order valence-electron chi connectivity index (χ3n) is 8.09. The molecule has 0 N–H and O–H groups in total. The van der Waals surface area contributed by atoms with Crippen LogP contribution in [0.5, 0.6) is 5.75 Å². The van der Waals surface area contributed by atoms with Gasteiger partial charge in [-0.1, -0.05) is 89.7 Å². The van der Waals surface area contributed by atoms with E-state index in [4.69, 9.17) is 18.9 Å². The van der Waals surface area contributed by atoms with E-state index in [2.05, 4.69) is 10.0 Å². The average Bonchev–Trinajstić information content (AvgIpc) is 3.35. The highest BCUT2D eigenvalue weighted by molar-refractivity contribution is 7.99. The molecule has 2 aliphatic rings. The summed E-state index contributed by atoms with van der Waals surface area (Å²) in [5, 5.41) is 4.18. The molecule has 46 heavy (non-hydrogen) atoms. The number of carbonyl (C=O) groups is 2. The van der Waals surface area contributed by atoms with Crippen LogP contribution in [-0.2, 0) is 27.4 Å². The predicted octanol–water partition coefficient (Wildman–Crippen LogP) is 7.01. The summed E-state index contributed by atoms with van der Waals surface area (Å²) < 4.78 is 25.3. The normalized spacial score (nSPS) is 23.9. The Labute approximate surface area is 270 Å². The van der Waals surface area contributed by atoms with Gasteiger partial charge in [-0.15, -0.1) is 0 Å². The van der Waals surface area contributed by atoms with Crippen molar-refractivity contribution in [3.05, 3.63) is 142 Å². The number of imide groups is 1. The molecule has 0 aromatic heterocycles. The highest BCUT2D eigenvalue weighted by atomic mass is 32.2. The lowest BCUT2D eigenvalue weighted by Gasteiger charge is -2.52. The van der Waals surface area contributed by atoms with E-state index >= 15 is 0 Å². The summed E-state index contributed by atoms with van der Waals surface area (Å²) in [4.78, 5) is 33.1. The van der Waals surface area contributed by atoms with Gasteiger partial charge < -0.3 is 18.9 Å². The molecule has 1 saturated heterocycles. The molecule has 0 bridgehead atoms. The van der Waals surface area contributed by atoms with E-state index in [1.54, 1.807) is 38.3 Å². The van der Waals surface area contributed by atoms with Gasteiger partial charge in [0.1, 0.15) is 29.4 Å². The van der Waals surface area contributed by atoms with Gasteiger partial charge in [-0.25, -0.2) is 4.90 Å². The minimum atomic E-state index is -1.67. The van der Waals surface area contributed by atoms with Gasteiger partial charge in [0, 0.05) is 9.81 Å². The molecular weight excluding hydrogens is 604 g/mol.